The summed E-state index contributed by atoms with van der Waals surface area (Å²) in [6.07, 6.45) is 10.3. The Hall–Kier alpha value is -1.74. The van der Waals surface area contributed by atoms with Crippen molar-refractivity contribution in [1.29, 1.82) is 0 Å². The van der Waals surface area contributed by atoms with Crippen molar-refractivity contribution in [1.82, 2.24) is 9.88 Å². The van der Waals surface area contributed by atoms with E-state index in [0.29, 0.717) is 12.1 Å². The molecule has 3 nitrogen and oxygen atoms in total. The zero-order valence-corrected chi connectivity index (χ0v) is 13.8. The number of aromatic amines is 1. The monoisotopic (exact) mass is 308 g/mol. The van der Waals surface area contributed by atoms with Gasteiger partial charge < -0.3 is 9.72 Å². The molecule has 1 aromatic heterocycles. The van der Waals surface area contributed by atoms with Crippen LogP contribution in [0.2, 0.25) is 0 Å². The molecule has 0 amide bonds. The number of hydrogen-bond donors (Lipinski definition) is 1. The fourth-order valence-electron chi connectivity index (χ4n) is 5.02. The first-order chi connectivity index (χ1) is 11.3. The molecular formula is C20H24N2O. The van der Waals surface area contributed by atoms with E-state index in [1.54, 1.807) is 12.7 Å². The Balaban J connectivity index is 1.60. The number of hydrogen-bond acceptors (Lipinski definition) is 2. The van der Waals surface area contributed by atoms with Gasteiger partial charge in [-0.25, -0.2) is 0 Å². The molecule has 120 valence electrons. The highest BCUT2D eigenvalue weighted by atomic mass is 16.5. The molecule has 1 aromatic carbocycles. The summed E-state index contributed by atoms with van der Waals surface area (Å²) in [5.41, 5.74) is 5.94. The molecule has 5 rings (SSSR count). The second-order valence-electron chi connectivity index (χ2n) is 7.21. The lowest BCUT2D eigenvalue weighted by molar-refractivity contribution is 0.111. The van der Waals surface area contributed by atoms with Crippen LogP contribution in [0.4, 0.5) is 0 Å². The number of benzene rings is 1. The molecule has 0 saturated heterocycles. The quantitative estimate of drug-likeness (QED) is 0.793. The van der Waals surface area contributed by atoms with Crippen molar-refractivity contribution in [3.63, 3.8) is 0 Å². The molecule has 23 heavy (non-hydrogen) atoms. The third kappa shape index (κ3) is 1.99. The number of nitrogens with one attached hydrogen (secondary N) is 1. The Labute approximate surface area is 137 Å². The minimum absolute atomic E-state index is 0.545. The first-order valence-corrected chi connectivity index (χ1v) is 8.98. The van der Waals surface area contributed by atoms with Gasteiger partial charge in [-0.2, -0.15) is 0 Å². The maximum atomic E-state index is 5.39. The summed E-state index contributed by atoms with van der Waals surface area (Å²) in [5, 5.41) is 1.39. The maximum absolute atomic E-state index is 5.39. The number of fused-ring (bicyclic) bond motifs is 7. The molecule has 3 aliphatic rings. The molecule has 1 N–H and O–H groups in total. The Morgan fingerprint density at radius 1 is 1.17 bits per heavy atom. The van der Waals surface area contributed by atoms with Gasteiger partial charge in [0.05, 0.1) is 13.2 Å². The Morgan fingerprint density at radius 2 is 2.13 bits per heavy atom. The van der Waals surface area contributed by atoms with Gasteiger partial charge in [0.2, 0.25) is 0 Å². The first kappa shape index (κ1) is 13.7. The predicted molar refractivity (Wildman–Crippen MR) is 93.0 cm³/mol. The van der Waals surface area contributed by atoms with Crippen LogP contribution in [-0.4, -0.2) is 29.6 Å². The minimum atomic E-state index is 0.545. The Morgan fingerprint density at radius 3 is 3.04 bits per heavy atom. The molecule has 1 fully saturated rings. The summed E-state index contributed by atoms with van der Waals surface area (Å²) in [6.45, 7) is 1.21. The van der Waals surface area contributed by atoms with Gasteiger partial charge in [0.15, 0.2) is 0 Å². The summed E-state index contributed by atoms with van der Waals surface area (Å²) < 4.78 is 5.39. The lowest BCUT2D eigenvalue weighted by Gasteiger charge is -2.46. The zero-order valence-electron chi connectivity index (χ0n) is 13.8. The average molecular weight is 308 g/mol. The molecule has 2 atom stereocenters. The molecule has 3 heterocycles. The van der Waals surface area contributed by atoms with E-state index in [1.807, 2.05) is 0 Å². The second-order valence-corrected chi connectivity index (χ2v) is 7.21. The molecule has 1 saturated carbocycles. The van der Waals surface area contributed by atoms with E-state index >= 15 is 0 Å². The van der Waals surface area contributed by atoms with Crippen molar-refractivity contribution in [3.05, 3.63) is 41.1 Å². The fourth-order valence-corrected chi connectivity index (χ4v) is 5.02. The van der Waals surface area contributed by atoms with Crippen LogP contribution in [0.3, 0.4) is 0 Å². The topological polar surface area (TPSA) is 28.3 Å². The third-order valence-corrected chi connectivity index (χ3v) is 6.12. The lowest BCUT2D eigenvalue weighted by atomic mass is 9.81. The smallest absolute Gasteiger partial charge is 0.120 e. The van der Waals surface area contributed by atoms with E-state index in [9.17, 15) is 0 Å². The van der Waals surface area contributed by atoms with Crippen molar-refractivity contribution < 1.29 is 4.74 Å². The molecule has 2 aliphatic heterocycles. The summed E-state index contributed by atoms with van der Waals surface area (Å²) in [5.74, 6) is 0.936. The van der Waals surface area contributed by atoms with E-state index in [4.69, 9.17) is 4.74 Å². The van der Waals surface area contributed by atoms with E-state index in [1.165, 1.54) is 67.2 Å². The fraction of sp³-hybridized carbons (Fsp3) is 0.500. The van der Waals surface area contributed by atoms with Crippen LogP contribution >= 0.6 is 0 Å². The van der Waals surface area contributed by atoms with Crippen LogP contribution in [-0.2, 0) is 6.42 Å². The highest BCUT2D eigenvalue weighted by Crippen LogP contribution is 2.44. The number of ether oxygens (including phenoxy) is 1. The normalized spacial score (nSPS) is 27.1. The van der Waals surface area contributed by atoms with Crippen LogP contribution in [0.25, 0.3) is 10.9 Å². The van der Waals surface area contributed by atoms with E-state index in [-0.39, 0.29) is 0 Å². The lowest BCUT2D eigenvalue weighted by Crippen LogP contribution is -2.46. The van der Waals surface area contributed by atoms with Crippen LogP contribution < -0.4 is 4.74 Å². The number of H-pyrrole nitrogens is 1. The van der Waals surface area contributed by atoms with Gasteiger partial charge in [0.1, 0.15) is 5.75 Å². The Kier molecular flexibility index (Phi) is 3.05. The average Bonchev–Trinajstić information content (AvgIpc) is 2.99. The van der Waals surface area contributed by atoms with E-state index in [0.717, 1.165) is 5.75 Å². The van der Waals surface area contributed by atoms with Crippen molar-refractivity contribution >= 4 is 10.9 Å². The van der Waals surface area contributed by atoms with Crippen molar-refractivity contribution in [2.24, 2.45) is 0 Å². The summed E-state index contributed by atoms with van der Waals surface area (Å²) >= 11 is 0. The highest BCUT2D eigenvalue weighted by Gasteiger charge is 2.38. The van der Waals surface area contributed by atoms with Gasteiger partial charge in [0.25, 0.3) is 0 Å². The van der Waals surface area contributed by atoms with Crippen LogP contribution in [0.5, 0.6) is 5.75 Å². The predicted octanol–water partition coefficient (Wildman–Crippen LogP) is 4.35. The van der Waals surface area contributed by atoms with Crippen molar-refractivity contribution in [2.45, 2.75) is 50.6 Å². The molecule has 3 heteroatoms. The summed E-state index contributed by atoms with van der Waals surface area (Å²) in [4.78, 5) is 6.52. The number of methoxy groups -OCH3 is 1. The van der Waals surface area contributed by atoms with Crippen LogP contribution in [0, 0.1) is 0 Å². The second kappa shape index (κ2) is 5.13. The van der Waals surface area contributed by atoms with E-state index in [2.05, 4.69) is 34.2 Å². The van der Waals surface area contributed by atoms with Gasteiger partial charge in [-0.3, -0.25) is 4.90 Å². The summed E-state index contributed by atoms with van der Waals surface area (Å²) in [6, 6.07) is 7.70. The van der Waals surface area contributed by atoms with Gasteiger partial charge in [-0.15, -0.1) is 0 Å². The third-order valence-electron chi connectivity index (χ3n) is 6.12. The molecular weight excluding hydrogens is 284 g/mol. The molecule has 0 spiro atoms. The number of nitrogens with zero attached hydrogens (tertiary/aromatic N) is 1. The highest BCUT2D eigenvalue weighted by molar-refractivity contribution is 5.86. The van der Waals surface area contributed by atoms with Crippen molar-refractivity contribution in [2.75, 3.05) is 13.7 Å². The maximum Gasteiger partial charge on any atom is 0.120 e. The minimum Gasteiger partial charge on any atom is -0.497 e. The zero-order chi connectivity index (χ0) is 15.4. The van der Waals surface area contributed by atoms with Crippen LogP contribution in [0.1, 0.15) is 49.4 Å². The van der Waals surface area contributed by atoms with E-state index < -0.39 is 0 Å². The standard InChI is InChI=1S/C20H24N2O/c1-23-14-7-8-15-16-10-11-22-18-5-3-2-4-13(18)6-9-19(22)20(16)21-17(15)12-14/h6-8,12,18-19,21H,2-5,9-11H2,1H3. The SMILES string of the molecule is COc1ccc2c3c([nH]c2c1)C1CC=C2CCCCC2N1CC3. The van der Waals surface area contributed by atoms with Gasteiger partial charge >= 0.3 is 0 Å². The largest absolute Gasteiger partial charge is 0.497 e. The summed E-state index contributed by atoms with van der Waals surface area (Å²) in [7, 11) is 1.74. The van der Waals surface area contributed by atoms with Gasteiger partial charge in [0, 0.05) is 35.2 Å². The van der Waals surface area contributed by atoms with Crippen molar-refractivity contribution in [3.8, 4) is 5.75 Å². The first-order valence-electron chi connectivity index (χ1n) is 8.98. The van der Waals surface area contributed by atoms with Crippen LogP contribution in [0.15, 0.2) is 29.8 Å². The molecule has 0 radical (unpaired) electrons. The van der Waals surface area contributed by atoms with Gasteiger partial charge in [-0.05, 0) is 49.8 Å². The molecule has 1 aliphatic carbocycles. The molecule has 0 bridgehead atoms. The number of rotatable bonds is 1. The molecule has 2 unspecified atom stereocenters. The van der Waals surface area contributed by atoms with Gasteiger partial charge in [-0.1, -0.05) is 18.1 Å². The Bertz CT molecular complexity index is 788. The molecule has 2 aromatic rings. The number of aromatic nitrogens is 1.